The zero-order chi connectivity index (χ0) is 26.2. The minimum absolute atomic E-state index is 0.754. The van der Waals surface area contributed by atoms with Crippen LogP contribution in [0.5, 0.6) is 0 Å². The third-order valence-corrected chi connectivity index (χ3v) is 6.44. The highest BCUT2D eigenvalue weighted by atomic mass is 31.2. The summed E-state index contributed by atoms with van der Waals surface area (Å²) >= 11 is 0. The predicted octanol–water partition coefficient (Wildman–Crippen LogP) is 1.43. The number of rotatable bonds is 5. The average molecular weight is 492 g/mol. The van der Waals surface area contributed by atoms with Gasteiger partial charge in [-0.05, 0) is 17.7 Å². The van der Waals surface area contributed by atoms with E-state index in [1.165, 1.54) is 0 Å². The number of guanidine groups is 3. The summed E-state index contributed by atoms with van der Waals surface area (Å²) in [7, 11) is 20.6. The highest BCUT2D eigenvalue weighted by Gasteiger charge is 2.32. The third kappa shape index (κ3) is 8.09. The molecule has 0 saturated carbocycles. The molecule has 34 heavy (non-hydrogen) atoms. The van der Waals surface area contributed by atoms with Crippen molar-refractivity contribution in [1.82, 2.24) is 29.4 Å². The van der Waals surface area contributed by atoms with Gasteiger partial charge in [-0.2, -0.15) is 4.74 Å². The first-order chi connectivity index (χ1) is 15.7. The van der Waals surface area contributed by atoms with Crippen molar-refractivity contribution < 1.29 is 4.74 Å². The molecular weight excluding hydrogens is 447 g/mol. The Bertz CT molecular complexity index is 844. The minimum Gasteiger partial charge on any atom is -0.348 e. The fraction of sp³-hybridized carbons (Fsp3) is 0.522. The third-order valence-electron chi connectivity index (χ3n) is 4.51. The summed E-state index contributed by atoms with van der Waals surface area (Å²) in [6.07, 6.45) is 1.82. The molecule has 0 fully saturated rings. The highest BCUT2D eigenvalue weighted by Crippen LogP contribution is 2.49. The number of hydrogen-bond donors (Lipinski definition) is 1. The van der Waals surface area contributed by atoms with Crippen LogP contribution in [0.4, 0.5) is 5.69 Å². The number of benzene rings is 1. The lowest BCUT2D eigenvalue weighted by Gasteiger charge is -2.27. The van der Waals surface area contributed by atoms with E-state index in [1.54, 1.807) is 0 Å². The topological polar surface area (TPSA) is 70.5 Å². The lowest BCUT2D eigenvalue weighted by molar-refractivity contribution is -0.330. The summed E-state index contributed by atoms with van der Waals surface area (Å²) < 4.78 is 19.3. The molecule has 1 rings (SSSR count). The second-order valence-corrected chi connectivity index (χ2v) is 11.0. The van der Waals surface area contributed by atoms with Crippen molar-refractivity contribution in [2.45, 2.75) is 0 Å². The first-order valence-corrected chi connectivity index (χ1v) is 12.6. The van der Waals surface area contributed by atoms with Crippen molar-refractivity contribution in [2.75, 3.05) is 84.6 Å². The van der Waals surface area contributed by atoms with Gasteiger partial charge in [-0.25, -0.2) is 0 Å². The van der Waals surface area contributed by atoms with Gasteiger partial charge in [0.1, 0.15) is 0 Å². The van der Waals surface area contributed by atoms with Crippen molar-refractivity contribution in [3.63, 3.8) is 0 Å². The average Bonchev–Trinajstić information content (AvgIpc) is 2.73. The molecule has 190 valence electrons. The first kappa shape index (κ1) is 29.0. The lowest BCUT2D eigenvalue weighted by Crippen LogP contribution is -2.59. The van der Waals surface area contributed by atoms with E-state index in [0.717, 1.165) is 29.1 Å². The zero-order valence-electron chi connectivity index (χ0n) is 23.1. The molecule has 0 aliphatic carbocycles. The Morgan fingerprint density at radius 1 is 0.618 bits per heavy atom. The van der Waals surface area contributed by atoms with Gasteiger partial charge in [-0.1, -0.05) is 12.7 Å². The number of hydrogen-bond acceptors (Lipinski definition) is 0. The van der Waals surface area contributed by atoms with Crippen LogP contribution in [0.3, 0.4) is 0 Å². The monoisotopic (exact) mass is 491 g/mol. The molecule has 1 aromatic rings. The van der Waals surface area contributed by atoms with Crippen LogP contribution >= 0.6 is 7.51 Å². The van der Waals surface area contributed by atoms with Gasteiger partial charge in [0.2, 0.25) is 23.6 Å². The normalized spacial score (nSPS) is 10.5. The van der Waals surface area contributed by atoms with Crippen LogP contribution in [0.15, 0.2) is 45.1 Å². The summed E-state index contributed by atoms with van der Waals surface area (Å²) in [6.45, 7) is 3.86. The van der Waals surface area contributed by atoms with Gasteiger partial charge in [0.25, 0.3) is 0 Å². The lowest BCUT2D eigenvalue weighted by atomic mass is 10.2. The fourth-order valence-corrected chi connectivity index (χ4v) is 5.72. The molecule has 0 bridgehead atoms. The molecule has 0 aliphatic heterocycles. The van der Waals surface area contributed by atoms with E-state index in [2.05, 4.69) is 11.3 Å². The van der Waals surface area contributed by atoms with E-state index in [1.807, 2.05) is 144 Å². The van der Waals surface area contributed by atoms with Crippen molar-refractivity contribution >= 4 is 37.1 Å². The van der Waals surface area contributed by atoms with Crippen molar-refractivity contribution in [3.8, 4) is 0 Å². The maximum Gasteiger partial charge on any atom is 0.459 e. The van der Waals surface area contributed by atoms with Gasteiger partial charge < -0.3 is 29.4 Å². The molecule has 1 aromatic carbocycles. The Labute approximate surface area is 206 Å². The Balaban J connectivity index is 4.28. The molecule has 11 heteroatoms. The summed E-state index contributed by atoms with van der Waals surface area (Å²) in [5, 5.41) is 0. The molecule has 0 aromatic heterocycles. The van der Waals surface area contributed by atoms with Crippen LogP contribution in [-0.4, -0.2) is 132 Å². The van der Waals surface area contributed by atoms with Crippen LogP contribution in [0.25, 0.3) is 6.08 Å². The van der Waals surface area contributed by atoms with Gasteiger partial charge in [0.15, 0.2) is 0 Å². The zero-order valence-corrected chi connectivity index (χ0v) is 24.0. The molecule has 0 atom stereocenters. The molecule has 0 radical (unpaired) electrons. The van der Waals surface area contributed by atoms with Gasteiger partial charge in [0.05, 0.1) is 0 Å². The Kier molecular flexibility index (Phi) is 10.6. The van der Waals surface area contributed by atoms with Gasteiger partial charge in [-0.3, -0.25) is 0 Å². The Hall–Kier alpha value is -3.00. The van der Waals surface area contributed by atoms with E-state index < -0.39 is 7.51 Å². The van der Waals surface area contributed by atoms with Crippen molar-refractivity contribution in [2.24, 2.45) is 14.3 Å². The molecule has 0 amide bonds. The largest absolute Gasteiger partial charge is 0.459 e. The van der Waals surface area contributed by atoms with Crippen molar-refractivity contribution in [3.05, 3.63) is 36.4 Å². The molecule has 0 saturated heterocycles. The molecule has 0 spiro atoms. The van der Waals surface area contributed by atoms with Gasteiger partial charge >= 0.3 is 7.51 Å². The van der Waals surface area contributed by atoms with Crippen LogP contribution < -0.4 is 4.74 Å². The Morgan fingerprint density at radius 3 is 1.15 bits per heavy atom. The van der Waals surface area contributed by atoms with E-state index in [-0.39, 0.29) is 0 Å². The summed E-state index contributed by atoms with van der Waals surface area (Å²) in [5.41, 5.74) is 1.91. The summed E-state index contributed by atoms with van der Waals surface area (Å²) in [4.78, 5) is 11.8. The quantitative estimate of drug-likeness (QED) is 0.382. The fourth-order valence-electron chi connectivity index (χ4n) is 3.12. The van der Waals surface area contributed by atoms with E-state index >= 15 is 0 Å². The van der Waals surface area contributed by atoms with Gasteiger partial charge in [0, 0.05) is 96.7 Å². The number of nitrogens with one attached hydrogen (secondary N) is 1. The maximum absolute atomic E-state index is 5.22. The molecule has 0 unspecified atom stereocenters. The second kappa shape index (κ2) is 12.5. The highest BCUT2D eigenvalue weighted by molar-refractivity contribution is 7.60. The summed E-state index contributed by atoms with van der Waals surface area (Å²) in [5.74, 6) is 2.26. The molecular formula is C23H44N10P+. The maximum atomic E-state index is 5.22. The molecule has 0 aliphatic rings. The second-order valence-electron chi connectivity index (χ2n) is 9.07. The van der Waals surface area contributed by atoms with Crippen LogP contribution in [0, 0.1) is 0 Å². The first-order valence-electron chi connectivity index (χ1n) is 11.0. The summed E-state index contributed by atoms with van der Waals surface area (Å²) in [6, 6.07) is 8.04. The van der Waals surface area contributed by atoms with Crippen LogP contribution in [0.2, 0.25) is 0 Å². The van der Waals surface area contributed by atoms with Crippen LogP contribution in [0.1, 0.15) is 5.56 Å². The van der Waals surface area contributed by atoms with E-state index in [4.69, 9.17) is 14.3 Å². The molecule has 10 nitrogen and oxygen atoms in total. The SMILES string of the molecule is C=Cc1ccc([NH+]=P(N=C(N(C)C)N(C)C)(N=C(N(C)C)N(C)C)N=C(N(C)C)N(C)C)cc1. The molecule has 0 heterocycles. The number of nitrogens with zero attached hydrogens (tertiary/aromatic N) is 9. The molecule has 1 N–H and O–H groups in total. The Morgan fingerprint density at radius 2 is 0.912 bits per heavy atom. The predicted molar refractivity (Wildman–Crippen MR) is 149 cm³/mol. The van der Waals surface area contributed by atoms with Gasteiger partial charge in [-0.15, -0.1) is 14.3 Å². The van der Waals surface area contributed by atoms with E-state index in [9.17, 15) is 0 Å². The standard InChI is InChI=1S/C23H43N10P/c1-14-19-15-17-20(18-16-19)24-34(25-21(28(2)3)29(4)5,26-22(30(6)7)31(8)9)27-23(32(10)11)33(12)13/h14-18H,1H2,2-13H3/p+1. The van der Waals surface area contributed by atoms with Crippen LogP contribution in [-0.2, 0) is 0 Å². The van der Waals surface area contributed by atoms with Crippen molar-refractivity contribution in [1.29, 1.82) is 0 Å². The minimum atomic E-state index is -3.00. The smallest absolute Gasteiger partial charge is 0.348 e. The van der Waals surface area contributed by atoms with E-state index in [0.29, 0.717) is 0 Å².